The number of aryl methyl sites for hydroxylation is 2. The lowest BCUT2D eigenvalue weighted by molar-refractivity contribution is -0.140. The number of benzene rings is 2. The van der Waals surface area contributed by atoms with Gasteiger partial charge in [-0.3, -0.25) is 13.9 Å². The number of nitrogens with zero attached hydrogens (tertiary/aromatic N) is 2. The van der Waals surface area contributed by atoms with Gasteiger partial charge in [0.25, 0.3) is 0 Å². The maximum Gasteiger partial charge on any atom is 0.244 e. The van der Waals surface area contributed by atoms with Gasteiger partial charge in [0.1, 0.15) is 12.6 Å². The maximum atomic E-state index is 13.9. The van der Waals surface area contributed by atoms with Gasteiger partial charge in [0.05, 0.1) is 11.9 Å². The predicted molar refractivity (Wildman–Crippen MR) is 150 cm³/mol. The number of carbonyl (C=O) groups is 2. The van der Waals surface area contributed by atoms with Crippen LogP contribution in [-0.4, -0.2) is 50.0 Å². The van der Waals surface area contributed by atoms with Gasteiger partial charge in [0, 0.05) is 22.6 Å². The van der Waals surface area contributed by atoms with Crippen molar-refractivity contribution in [2.45, 2.75) is 71.5 Å². The summed E-state index contributed by atoms with van der Waals surface area (Å²) in [6.07, 6.45) is 5.38. The Labute approximate surface area is 230 Å². The average Bonchev–Trinajstić information content (AvgIpc) is 3.31. The van der Waals surface area contributed by atoms with Crippen molar-refractivity contribution in [3.63, 3.8) is 0 Å². The Morgan fingerprint density at radius 2 is 1.70 bits per heavy atom. The minimum atomic E-state index is -3.81. The first-order valence-electron chi connectivity index (χ1n) is 12.5. The van der Waals surface area contributed by atoms with Gasteiger partial charge in [0.15, 0.2) is 0 Å². The van der Waals surface area contributed by atoms with E-state index >= 15 is 0 Å². The Morgan fingerprint density at radius 1 is 1.08 bits per heavy atom. The van der Waals surface area contributed by atoms with Crippen molar-refractivity contribution in [1.82, 2.24) is 10.2 Å². The lowest BCUT2D eigenvalue weighted by Gasteiger charge is -2.34. The van der Waals surface area contributed by atoms with E-state index in [9.17, 15) is 18.0 Å². The van der Waals surface area contributed by atoms with Crippen LogP contribution in [0.1, 0.15) is 55.7 Å². The van der Waals surface area contributed by atoms with Crippen LogP contribution < -0.4 is 9.62 Å². The highest BCUT2D eigenvalue weighted by atomic mass is 35.5. The van der Waals surface area contributed by atoms with E-state index in [1.54, 1.807) is 44.2 Å². The molecule has 2 amide bonds. The van der Waals surface area contributed by atoms with Crippen molar-refractivity contribution < 1.29 is 18.0 Å². The molecule has 1 fully saturated rings. The Bertz CT molecular complexity index is 1230. The summed E-state index contributed by atoms with van der Waals surface area (Å²) < 4.78 is 26.9. The highest BCUT2D eigenvalue weighted by Crippen LogP contribution is 2.28. The van der Waals surface area contributed by atoms with Gasteiger partial charge in [-0.15, -0.1) is 0 Å². The van der Waals surface area contributed by atoms with Gasteiger partial charge in [0.2, 0.25) is 21.8 Å². The molecular formula is C27H35Cl2N3O4S. The number of sulfonamides is 1. The van der Waals surface area contributed by atoms with Crippen molar-refractivity contribution in [3.8, 4) is 0 Å². The summed E-state index contributed by atoms with van der Waals surface area (Å²) >= 11 is 12.5. The molecule has 1 N–H and O–H groups in total. The molecule has 0 saturated heterocycles. The molecule has 202 valence electrons. The Morgan fingerprint density at radius 3 is 2.24 bits per heavy atom. The van der Waals surface area contributed by atoms with E-state index in [-0.39, 0.29) is 18.5 Å². The third kappa shape index (κ3) is 7.39. The molecule has 1 saturated carbocycles. The van der Waals surface area contributed by atoms with E-state index < -0.39 is 28.5 Å². The number of hydrogen-bond donors (Lipinski definition) is 1. The van der Waals surface area contributed by atoms with Crippen LogP contribution in [0.25, 0.3) is 0 Å². The SMILES string of the molecule is CCC(C(=O)NC1CCCC1)N(Cc1ccc(Cl)cc1Cl)C(=O)CN(c1c(C)cccc1C)S(C)(=O)=O. The second-order valence-corrected chi connectivity index (χ2v) is 12.4. The minimum absolute atomic E-state index is 0.0375. The zero-order valence-corrected chi connectivity index (χ0v) is 24.1. The average molecular weight is 569 g/mol. The highest BCUT2D eigenvalue weighted by Gasteiger charge is 2.34. The first kappa shape index (κ1) is 29.3. The Hall–Kier alpha value is -2.29. The molecule has 0 bridgehead atoms. The molecule has 0 aromatic heterocycles. The van der Waals surface area contributed by atoms with Gasteiger partial charge < -0.3 is 10.2 Å². The zero-order chi connectivity index (χ0) is 27.3. The number of anilines is 1. The Kier molecular flexibility index (Phi) is 9.89. The highest BCUT2D eigenvalue weighted by molar-refractivity contribution is 7.92. The maximum absolute atomic E-state index is 13.9. The van der Waals surface area contributed by atoms with Crippen molar-refractivity contribution in [3.05, 3.63) is 63.1 Å². The second-order valence-electron chi connectivity index (χ2n) is 9.68. The number of nitrogens with one attached hydrogen (secondary N) is 1. The minimum Gasteiger partial charge on any atom is -0.352 e. The van der Waals surface area contributed by atoms with Gasteiger partial charge in [-0.1, -0.05) is 67.2 Å². The van der Waals surface area contributed by atoms with E-state index in [0.29, 0.717) is 27.7 Å². The molecule has 0 aliphatic heterocycles. The zero-order valence-electron chi connectivity index (χ0n) is 21.8. The van der Waals surface area contributed by atoms with E-state index in [2.05, 4.69) is 5.32 Å². The van der Waals surface area contributed by atoms with Gasteiger partial charge >= 0.3 is 0 Å². The molecule has 37 heavy (non-hydrogen) atoms. The molecule has 10 heteroatoms. The number of carbonyl (C=O) groups excluding carboxylic acids is 2. The van der Waals surface area contributed by atoms with Gasteiger partial charge in [-0.05, 0) is 61.9 Å². The van der Waals surface area contributed by atoms with Crippen LogP contribution >= 0.6 is 23.2 Å². The van der Waals surface area contributed by atoms with Gasteiger partial charge in [-0.2, -0.15) is 0 Å². The number of rotatable bonds is 10. The first-order chi connectivity index (χ1) is 17.4. The molecule has 2 aromatic carbocycles. The molecular weight excluding hydrogens is 533 g/mol. The lowest BCUT2D eigenvalue weighted by atomic mass is 10.1. The second kappa shape index (κ2) is 12.5. The summed E-state index contributed by atoms with van der Waals surface area (Å²) in [7, 11) is -3.81. The molecule has 2 aromatic rings. The summed E-state index contributed by atoms with van der Waals surface area (Å²) in [5.74, 6) is -0.738. The predicted octanol–water partition coefficient (Wildman–Crippen LogP) is 5.24. The summed E-state index contributed by atoms with van der Waals surface area (Å²) in [6.45, 7) is 5.04. The Balaban J connectivity index is 1.99. The van der Waals surface area contributed by atoms with E-state index in [0.717, 1.165) is 47.4 Å². The van der Waals surface area contributed by atoms with Crippen molar-refractivity contribution in [1.29, 1.82) is 0 Å². The number of para-hydroxylation sites is 1. The number of hydrogen-bond acceptors (Lipinski definition) is 4. The largest absolute Gasteiger partial charge is 0.352 e. The van der Waals surface area contributed by atoms with Crippen molar-refractivity contribution >= 4 is 50.7 Å². The smallest absolute Gasteiger partial charge is 0.244 e. The third-order valence-electron chi connectivity index (χ3n) is 6.81. The number of halogens is 2. The third-order valence-corrected chi connectivity index (χ3v) is 8.51. The van der Waals surface area contributed by atoms with Crippen molar-refractivity contribution in [2.75, 3.05) is 17.1 Å². The monoisotopic (exact) mass is 567 g/mol. The van der Waals surface area contributed by atoms with E-state index in [4.69, 9.17) is 23.2 Å². The van der Waals surface area contributed by atoms with Gasteiger partial charge in [-0.25, -0.2) is 8.42 Å². The molecule has 1 atom stereocenters. The van der Waals surface area contributed by atoms with Crippen LogP contribution in [0.5, 0.6) is 0 Å². The molecule has 0 heterocycles. The number of amides is 2. The van der Waals surface area contributed by atoms with Crippen LogP contribution in [-0.2, 0) is 26.2 Å². The normalized spacial score (nSPS) is 14.9. The van der Waals surface area contributed by atoms with Crippen LogP contribution in [0.2, 0.25) is 10.0 Å². The molecule has 7 nitrogen and oxygen atoms in total. The van der Waals surface area contributed by atoms with Crippen LogP contribution in [0, 0.1) is 13.8 Å². The van der Waals surface area contributed by atoms with Crippen LogP contribution in [0.4, 0.5) is 5.69 Å². The fourth-order valence-corrected chi connectivity index (χ4v) is 6.33. The quantitative estimate of drug-likeness (QED) is 0.425. The van der Waals surface area contributed by atoms with Crippen molar-refractivity contribution in [2.24, 2.45) is 0 Å². The van der Waals surface area contributed by atoms with E-state index in [1.165, 1.54) is 4.90 Å². The fraction of sp³-hybridized carbons (Fsp3) is 0.481. The molecule has 0 spiro atoms. The summed E-state index contributed by atoms with van der Waals surface area (Å²) in [5, 5.41) is 3.91. The standard InChI is InChI=1S/C27H35Cl2N3O4S/c1-5-24(27(34)30-22-11-6-7-12-22)31(16-20-13-14-21(28)15-23(20)29)25(33)17-32(37(4,35)36)26-18(2)9-8-10-19(26)3/h8-10,13-15,22,24H,5-7,11-12,16-17H2,1-4H3,(H,30,34). The summed E-state index contributed by atoms with van der Waals surface area (Å²) in [6, 6.07) is 9.71. The summed E-state index contributed by atoms with van der Waals surface area (Å²) in [4.78, 5) is 28.7. The molecule has 1 aliphatic carbocycles. The molecule has 0 radical (unpaired) electrons. The molecule has 1 unspecified atom stereocenters. The van der Waals surface area contributed by atoms with Crippen LogP contribution in [0.15, 0.2) is 36.4 Å². The van der Waals surface area contributed by atoms with E-state index in [1.807, 2.05) is 13.0 Å². The molecule has 3 rings (SSSR count). The first-order valence-corrected chi connectivity index (χ1v) is 15.1. The lowest BCUT2D eigenvalue weighted by Crippen LogP contribution is -2.53. The summed E-state index contributed by atoms with van der Waals surface area (Å²) in [5.41, 5.74) is 2.55. The molecule has 1 aliphatic rings. The topological polar surface area (TPSA) is 86.8 Å². The van der Waals surface area contributed by atoms with Crippen LogP contribution in [0.3, 0.4) is 0 Å². The fourth-order valence-electron chi connectivity index (χ4n) is 4.90.